The van der Waals surface area contributed by atoms with Crippen LogP contribution in [0.15, 0.2) is 85.7 Å². The van der Waals surface area contributed by atoms with Gasteiger partial charge in [-0.3, -0.25) is 9.88 Å². The Labute approximate surface area is 246 Å². The highest BCUT2D eigenvalue weighted by Gasteiger charge is 2.12. The number of para-hydroxylation sites is 1. The van der Waals surface area contributed by atoms with Gasteiger partial charge in [-0.2, -0.15) is 5.10 Å². The van der Waals surface area contributed by atoms with Gasteiger partial charge >= 0.3 is 0 Å². The van der Waals surface area contributed by atoms with Crippen LogP contribution < -0.4 is 0 Å². The molecule has 3 heterocycles. The Hall–Kier alpha value is -3.77. The number of nitrogens with zero attached hydrogens (tertiary/aromatic N) is 5. The van der Waals surface area contributed by atoms with Gasteiger partial charge in [-0.25, -0.2) is 9.50 Å². The van der Waals surface area contributed by atoms with Crippen molar-refractivity contribution < 1.29 is 4.74 Å². The average molecular weight is 554 g/mol. The zero-order valence-corrected chi connectivity index (χ0v) is 25.6. The van der Waals surface area contributed by atoms with Gasteiger partial charge in [0.1, 0.15) is 6.61 Å². The molecule has 6 heteroatoms. The summed E-state index contributed by atoms with van der Waals surface area (Å²) in [7, 11) is 0. The summed E-state index contributed by atoms with van der Waals surface area (Å²) < 4.78 is 8.07. The second kappa shape index (κ2) is 17.1. The highest BCUT2D eigenvalue weighted by molar-refractivity contribution is 5.97. The van der Waals surface area contributed by atoms with E-state index in [4.69, 9.17) is 9.72 Å². The van der Waals surface area contributed by atoms with Crippen LogP contribution in [-0.2, 0) is 4.74 Å². The zero-order chi connectivity index (χ0) is 29.5. The van der Waals surface area contributed by atoms with Crippen molar-refractivity contribution in [2.45, 2.75) is 66.7 Å². The summed E-state index contributed by atoms with van der Waals surface area (Å²) in [6.45, 7) is 18.6. The van der Waals surface area contributed by atoms with Crippen LogP contribution in [0, 0.1) is 0 Å². The van der Waals surface area contributed by atoms with Gasteiger partial charge in [0.15, 0.2) is 5.65 Å². The Balaban J connectivity index is 0.00000226. The molecule has 6 nitrogen and oxygen atoms in total. The lowest BCUT2D eigenvalue weighted by atomic mass is 10.0. The SMILES string of the molecule is C=C/C(=C\C=C(/CCC)OCCN(CCC)CCCC)c1cnc2c(-c3ccnc4ccccc34)cnn2c1.CC. The monoisotopic (exact) mass is 553 g/mol. The number of rotatable bonds is 15. The zero-order valence-electron chi connectivity index (χ0n) is 25.6. The summed E-state index contributed by atoms with van der Waals surface area (Å²) in [5.41, 5.74) is 5.75. The molecule has 0 fully saturated rings. The quantitative estimate of drug-likeness (QED) is 0.109. The largest absolute Gasteiger partial charge is 0.497 e. The number of hydrogen-bond acceptors (Lipinski definition) is 5. The summed E-state index contributed by atoms with van der Waals surface area (Å²) >= 11 is 0. The Kier molecular flexibility index (Phi) is 13.3. The van der Waals surface area contributed by atoms with E-state index in [-0.39, 0.29) is 0 Å². The molecule has 0 unspecified atom stereocenters. The minimum atomic E-state index is 0.708. The number of ether oxygens (including phenoxy) is 1. The maximum absolute atomic E-state index is 6.23. The number of fused-ring (bicyclic) bond motifs is 2. The predicted octanol–water partition coefficient (Wildman–Crippen LogP) is 8.75. The first kappa shape index (κ1) is 31.8. The van der Waals surface area contributed by atoms with Crippen molar-refractivity contribution in [2.24, 2.45) is 0 Å². The van der Waals surface area contributed by atoms with E-state index in [0.29, 0.717) is 6.61 Å². The van der Waals surface area contributed by atoms with Crippen molar-refractivity contribution in [1.82, 2.24) is 24.5 Å². The van der Waals surface area contributed by atoms with Crippen molar-refractivity contribution in [3.05, 3.63) is 91.2 Å². The van der Waals surface area contributed by atoms with Gasteiger partial charge in [-0.1, -0.05) is 78.0 Å². The molecule has 41 heavy (non-hydrogen) atoms. The number of hydrogen-bond donors (Lipinski definition) is 0. The summed E-state index contributed by atoms with van der Waals surface area (Å²) in [4.78, 5) is 11.8. The molecule has 0 N–H and O–H groups in total. The molecule has 0 aliphatic carbocycles. The lowest BCUT2D eigenvalue weighted by molar-refractivity contribution is 0.150. The van der Waals surface area contributed by atoms with Gasteiger partial charge in [0.2, 0.25) is 0 Å². The molecule has 0 atom stereocenters. The van der Waals surface area contributed by atoms with E-state index in [9.17, 15) is 0 Å². The molecule has 0 bridgehead atoms. The van der Waals surface area contributed by atoms with Crippen LogP contribution in [0.25, 0.3) is 33.3 Å². The molecule has 0 saturated carbocycles. The Morgan fingerprint density at radius 3 is 2.51 bits per heavy atom. The molecule has 3 aromatic heterocycles. The van der Waals surface area contributed by atoms with Gasteiger partial charge in [0, 0.05) is 48.1 Å². The number of benzene rings is 1. The van der Waals surface area contributed by atoms with E-state index in [0.717, 1.165) is 77.0 Å². The number of unbranched alkanes of at least 4 members (excludes halogenated alkanes) is 1. The van der Waals surface area contributed by atoms with E-state index in [2.05, 4.69) is 60.6 Å². The predicted molar refractivity (Wildman–Crippen MR) is 174 cm³/mol. The Morgan fingerprint density at radius 1 is 0.927 bits per heavy atom. The van der Waals surface area contributed by atoms with Crippen LogP contribution in [0.2, 0.25) is 0 Å². The fourth-order valence-corrected chi connectivity index (χ4v) is 4.80. The van der Waals surface area contributed by atoms with Crippen molar-refractivity contribution in [3.63, 3.8) is 0 Å². The normalized spacial score (nSPS) is 12.0. The van der Waals surface area contributed by atoms with Crippen LogP contribution in [0.5, 0.6) is 0 Å². The molecular weight excluding hydrogens is 506 g/mol. The lowest BCUT2D eigenvalue weighted by Gasteiger charge is -2.22. The van der Waals surface area contributed by atoms with Crippen molar-refractivity contribution >= 4 is 22.1 Å². The van der Waals surface area contributed by atoms with E-state index >= 15 is 0 Å². The minimum absolute atomic E-state index is 0.708. The summed E-state index contributed by atoms with van der Waals surface area (Å²) in [5.74, 6) is 1.00. The van der Waals surface area contributed by atoms with Crippen LogP contribution >= 0.6 is 0 Å². The Bertz CT molecular complexity index is 1430. The van der Waals surface area contributed by atoms with Crippen LogP contribution in [-0.4, -0.2) is 50.7 Å². The standard InChI is InChI=1S/C33H41N5O.C2H6/c1-5-9-20-37(19-7-3)21-22-39-28(12-6-2)16-15-26(8-4)27-23-35-33-31(24-36-38(33)25-27)29-17-18-34-32-14-11-10-13-30(29)32;1-2/h8,10-11,13-18,23-25H,4-7,9,12,19-22H2,1-3H3;1-2H3/b26-15+,28-16+;. The summed E-state index contributed by atoms with van der Waals surface area (Å²) in [6.07, 6.45) is 19.2. The van der Waals surface area contributed by atoms with Crippen molar-refractivity contribution in [3.8, 4) is 11.1 Å². The molecular formula is C35H47N5O. The third-order valence-electron chi connectivity index (χ3n) is 6.86. The second-order valence-corrected chi connectivity index (χ2v) is 9.80. The number of allylic oxidation sites excluding steroid dienone is 5. The van der Waals surface area contributed by atoms with Gasteiger partial charge in [0.05, 0.1) is 17.5 Å². The maximum Gasteiger partial charge on any atom is 0.162 e. The Morgan fingerprint density at radius 2 is 1.76 bits per heavy atom. The van der Waals surface area contributed by atoms with E-state index in [1.807, 2.05) is 73.5 Å². The van der Waals surface area contributed by atoms with Gasteiger partial charge < -0.3 is 4.74 Å². The molecule has 4 rings (SSSR count). The molecule has 0 aliphatic rings. The lowest BCUT2D eigenvalue weighted by Crippen LogP contribution is -2.29. The molecule has 1 aromatic carbocycles. The molecule has 0 saturated heterocycles. The second-order valence-electron chi connectivity index (χ2n) is 9.80. The first-order chi connectivity index (χ1) is 20.2. The molecule has 0 aliphatic heterocycles. The van der Waals surface area contributed by atoms with Crippen molar-refractivity contribution in [2.75, 3.05) is 26.2 Å². The summed E-state index contributed by atoms with van der Waals surface area (Å²) in [5, 5.41) is 5.71. The minimum Gasteiger partial charge on any atom is -0.497 e. The highest BCUT2D eigenvalue weighted by atomic mass is 16.5. The number of pyridine rings is 1. The maximum atomic E-state index is 6.23. The topological polar surface area (TPSA) is 55.5 Å². The number of aromatic nitrogens is 4. The third-order valence-corrected chi connectivity index (χ3v) is 6.86. The fourth-order valence-electron chi connectivity index (χ4n) is 4.80. The van der Waals surface area contributed by atoms with Gasteiger partial charge in [-0.15, -0.1) is 0 Å². The van der Waals surface area contributed by atoms with Crippen LogP contribution in [0.3, 0.4) is 0 Å². The highest BCUT2D eigenvalue weighted by Crippen LogP contribution is 2.30. The molecule has 218 valence electrons. The first-order valence-corrected chi connectivity index (χ1v) is 15.2. The first-order valence-electron chi connectivity index (χ1n) is 15.2. The van der Waals surface area contributed by atoms with E-state index < -0.39 is 0 Å². The molecule has 4 aromatic rings. The molecule has 0 amide bonds. The van der Waals surface area contributed by atoms with Crippen LogP contribution in [0.4, 0.5) is 0 Å². The molecule has 0 radical (unpaired) electrons. The van der Waals surface area contributed by atoms with Gasteiger partial charge in [-0.05, 0) is 61.7 Å². The average Bonchev–Trinajstić information content (AvgIpc) is 3.44. The van der Waals surface area contributed by atoms with Crippen molar-refractivity contribution in [1.29, 1.82) is 0 Å². The smallest absolute Gasteiger partial charge is 0.162 e. The van der Waals surface area contributed by atoms with E-state index in [1.165, 1.54) is 19.3 Å². The fraction of sp³-hybridized carbons (Fsp3) is 0.400. The third kappa shape index (κ3) is 8.61. The summed E-state index contributed by atoms with van der Waals surface area (Å²) in [6, 6.07) is 10.2. The van der Waals surface area contributed by atoms with E-state index in [1.54, 1.807) is 0 Å². The molecule has 0 spiro atoms. The van der Waals surface area contributed by atoms with Crippen LogP contribution in [0.1, 0.15) is 72.3 Å². The van der Waals surface area contributed by atoms with Gasteiger partial charge in [0.25, 0.3) is 0 Å².